The van der Waals surface area contributed by atoms with E-state index in [0.29, 0.717) is 19.1 Å². The summed E-state index contributed by atoms with van der Waals surface area (Å²) in [6.45, 7) is 9.09. The first-order valence-electron chi connectivity index (χ1n) is 7.75. The van der Waals surface area contributed by atoms with Gasteiger partial charge in [0.05, 0.1) is 0 Å². The van der Waals surface area contributed by atoms with Gasteiger partial charge in [0, 0.05) is 29.8 Å². The lowest BCUT2D eigenvalue weighted by Crippen LogP contribution is -2.44. The molecule has 1 aromatic rings. The minimum Gasteiger partial charge on any atom is -0.444 e. The van der Waals surface area contributed by atoms with E-state index in [1.54, 1.807) is 4.90 Å². The zero-order valence-corrected chi connectivity index (χ0v) is 14.5. The summed E-state index contributed by atoms with van der Waals surface area (Å²) >= 11 is 6.15. The van der Waals surface area contributed by atoms with Crippen molar-refractivity contribution in [3.63, 3.8) is 0 Å². The molecule has 2 rings (SSSR count). The second-order valence-corrected chi connectivity index (χ2v) is 7.26. The van der Waals surface area contributed by atoms with Crippen molar-refractivity contribution in [3.05, 3.63) is 28.8 Å². The highest BCUT2D eigenvalue weighted by Gasteiger charge is 2.26. The number of ether oxygens (including phenoxy) is 1. The monoisotopic (exact) mass is 324 g/mol. The molecule has 1 aliphatic rings. The second kappa shape index (κ2) is 6.78. The Morgan fingerprint density at radius 1 is 1.32 bits per heavy atom. The average molecular weight is 325 g/mol. The van der Waals surface area contributed by atoms with E-state index in [2.05, 4.69) is 5.32 Å². The first-order valence-corrected chi connectivity index (χ1v) is 8.13. The molecule has 0 bridgehead atoms. The van der Waals surface area contributed by atoms with E-state index in [9.17, 15) is 4.79 Å². The van der Waals surface area contributed by atoms with Crippen LogP contribution in [0.4, 0.5) is 10.5 Å². The van der Waals surface area contributed by atoms with E-state index < -0.39 is 5.60 Å². The Kier molecular flexibility index (Phi) is 5.22. The molecule has 1 aromatic carbocycles. The third-order valence-corrected chi connectivity index (χ3v) is 4.10. The molecular weight excluding hydrogens is 300 g/mol. The van der Waals surface area contributed by atoms with E-state index >= 15 is 0 Å². The van der Waals surface area contributed by atoms with Crippen LogP contribution in [0.15, 0.2) is 18.2 Å². The third kappa shape index (κ3) is 4.80. The highest BCUT2D eigenvalue weighted by Crippen LogP contribution is 2.23. The molecule has 4 nitrogen and oxygen atoms in total. The van der Waals surface area contributed by atoms with Crippen molar-refractivity contribution in [2.24, 2.45) is 0 Å². The minimum atomic E-state index is -0.440. The highest BCUT2D eigenvalue weighted by molar-refractivity contribution is 6.31. The predicted octanol–water partition coefficient (Wildman–Crippen LogP) is 4.46. The number of likely N-dealkylation sites (tertiary alicyclic amines) is 1. The number of hydrogen-bond acceptors (Lipinski definition) is 3. The van der Waals surface area contributed by atoms with Gasteiger partial charge in [-0.05, 0) is 58.2 Å². The molecule has 0 radical (unpaired) electrons. The highest BCUT2D eigenvalue weighted by atomic mass is 35.5. The number of carbonyl (C=O) groups is 1. The Morgan fingerprint density at radius 3 is 2.50 bits per heavy atom. The van der Waals surface area contributed by atoms with E-state index in [0.717, 1.165) is 29.1 Å². The first-order chi connectivity index (χ1) is 10.2. The Labute approximate surface area is 137 Å². The summed E-state index contributed by atoms with van der Waals surface area (Å²) in [6, 6.07) is 6.37. The minimum absolute atomic E-state index is 0.218. The van der Waals surface area contributed by atoms with Gasteiger partial charge in [0.25, 0.3) is 0 Å². The molecule has 0 aliphatic carbocycles. The Bertz CT molecular complexity index is 532. The van der Waals surface area contributed by atoms with Crippen LogP contribution in [0.2, 0.25) is 5.02 Å². The van der Waals surface area contributed by atoms with Gasteiger partial charge in [-0.3, -0.25) is 0 Å². The van der Waals surface area contributed by atoms with Crippen LogP contribution in [0.5, 0.6) is 0 Å². The molecule has 1 aliphatic heterocycles. The second-order valence-electron chi connectivity index (χ2n) is 6.85. The van der Waals surface area contributed by atoms with Crippen LogP contribution in [0.25, 0.3) is 0 Å². The number of anilines is 1. The molecule has 0 unspecified atom stereocenters. The number of nitrogens with zero attached hydrogens (tertiary/aromatic N) is 1. The zero-order valence-electron chi connectivity index (χ0n) is 13.8. The largest absolute Gasteiger partial charge is 0.444 e. The van der Waals surface area contributed by atoms with Gasteiger partial charge in [-0.1, -0.05) is 17.7 Å². The molecule has 1 N–H and O–H groups in total. The molecule has 0 aromatic heterocycles. The molecule has 0 spiro atoms. The number of nitrogens with one attached hydrogen (secondary N) is 1. The number of carbonyl (C=O) groups excluding carboxylic acids is 1. The molecule has 1 amide bonds. The molecule has 5 heteroatoms. The fourth-order valence-corrected chi connectivity index (χ4v) is 2.63. The van der Waals surface area contributed by atoms with E-state index in [1.807, 2.05) is 45.9 Å². The van der Waals surface area contributed by atoms with Gasteiger partial charge in [0.15, 0.2) is 0 Å². The average Bonchev–Trinajstić information content (AvgIpc) is 2.42. The molecule has 0 saturated carbocycles. The van der Waals surface area contributed by atoms with Gasteiger partial charge in [-0.15, -0.1) is 0 Å². The fourth-order valence-electron chi connectivity index (χ4n) is 2.45. The third-order valence-electron chi connectivity index (χ3n) is 3.69. The standard InChI is InChI=1S/C17H25ClN2O2/c1-12-5-6-14(11-15(12)18)19-13-7-9-20(10-8-13)16(21)22-17(2,3)4/h5-6,11,13,19H,7-10H2,1-4H3. The summed E-state index contributed by atoms with van der Waals surface area (Å²) in [6.07, 6.45) is 1.60. The molecule has 1 fully saturated rings. The summed E-state index contributed by atoms with van der Waals surface area (Å²) in [7, 11) is 0. The van der Waals surface area contributed by atoms with Gasteiger partial charge in [0.1, 0.15) is 5.60 Å². The van der Waals surface area contributed by atoms with Crippen LogP contribution in [-0.4, -0.2) is 35.7 Å². The number of hydrogen-bond donors (Lipinski definition) is 1. The van der Waals surface area contributed by atoms with Crippen molar-refractivity contribution in [2.45, 2.75) is 52.2 Å². The van der Waals surface area contributed by atoms with Crippen LogP contribution < -0.4 is 5.32 Å². The number of benzene rings is 1. The summed E-state index contributed by atoms with van der Waals surface area (Å²) in [5.74, 6) is 0. The Hall–Kier alpha value is -1.42. The van der Waals surface area contributed by atoms with Gasteiger partial charge >= 0.3 is 6.09 Å². The van der Waals surface area contributed by atoms with Crippen LogP contribution in [0, 0.1) is 6.92 Å². The summed E-state index contributed by atoms with van der Waals surface area (Å²) in [4.78, 5) is 13.8. The predicted molar refractivity (Wildman–Crippen MR) is 90.6 cm³/mol. The van der Waals surface area contributed by atoms with Crippen molar-refractivity contribution in [2.75, 3.05) is 18.4 Å². The summed E-state index contributed by atoms with van der Waals surface area (Å²) in [5.41, 5.74) is 1.67. The van der Waals surface area contributed by atoms with Crippen molar-refractivity contribution in [3.8, 4) is 0 Å². The quantitative estimate of drug-likeness (QED) is 0.873. The van der Waals surface area contributed by atoms with E-state index in [-0.39, 0.29) is 6.09 Å². The van der Waals surface area contributed by atoms with Crippen LogP contribution in [-0.2, 0) is 4.74 Å². The smallest absolute Gasteiger partial charge is 0.410 e. The SMILES string of the molecule is Cc1ccc(NC2CCN(C(=O)OC(C)(C)C)CC2)cc1Cl. The normalized spacial score (nSPS) is 16.5. The Balaban J connectivity index is 1.84. The topological polar surface area (TPSA) is 41.6 Å². The van der Waals surface area contributed by atoms with Crippen LogP contribution in [0.3, 0.4) is 0 Å². The fraction of sp³-hybridized carbons (Fsp3) is 0.588. The lowest BCUT2D eigenvalue weighted by molar-refractivity contribution is 0.0210. The number of aryl methyl sites for hydroxylation is 1. The van der Waals surface area contributed by atoms with Crippen LogP contribution in [0.1, 0.15) is 39.2 Å². The number of piperidine rings is 1. The molecular formula is C17H25ClN2O2. The number of amides is 1. The summed E-state index contributed by atoms with van der Waals surface area (Å²) < 4.78 is 5.41. The van der Waals surface area contributed by atoms with Gasteiger partial charge in [0.2, 0.25) is 0 Å². The van der Waals surface area contributed by atoms with E-state index in [1.165, 1.54) is 0 Å². The maximum absolute atomic E-state index is 12.0. The van der Waals surface area contributed by atoms with E-state index in [4.69, 9.17) is 16.3 Å². The summed E-state index contributed by atoms with van der Waals surface area (Å²) in [5, 5.41) is 4.27. The Morgan fingerprint density at radius 2 is 1.95 bits per heavy atom. The molecule has 122 valence electrons. The first kappa shape index (κ1) is 16.9. The number of halogens is 1. The number of rotatable bonds is 2. The van der Waals surface area contributed by atoms with Crippen molar-refractivity contribution >= 4 is 23.4 Å². The van der Waals surface area contributed by atoms with Crippen molar-refractivity contribution < 1.29 is 9.53 Å². The molecule has 0 atom stereocenters. The molecule has 1 saturated heterocycles. The lowest BCUT2D eigenvalue weighted by Gasteiger charge is -2.34. The van der Waals surface area contributed by atoms with Crippen LogP contribution >= 0.6 is 11.6 Å². The maximum atomic E-state index is 12.0. The van der Waals surface area contributed by atoms with Crippen molar-refractivity contribution in [1.82, 2.24) is 4.90 Å². The van der Waals surface area contributed by atoms with Gasteiger partial charge in [-0.2, -0.15) is 0 Å². The van der Waals surface area contributed by atoms with Gasteiger partial charge < -0.3 is 15.0 Å². The molecule has 1 heterocycles. The zero-order chi connectivity index (χ0) is 16.3. The molecule has 22 heavy (non-hydrogen) atoms. The maximum Gasteiger partial charge on any atom is 0.410 e. The van der Waals surface area contributed by atoms with Gasteiger partial charge in [-0.25, -0.2) is 4.79 Å². The van der Waals surface area contributed by atoms with Crippen molar-refractivity contribution in [1.29, 1.82) is 0 Å². The lowest BCUT2D eigenvalue weighted by atomic mass is 10.0.